The Morgan fingerprint density at radius 1 is 1.24 bits per heavy atom. The van der Waals surface area contributed by atoms with Crippen LogP contribution in [0.1, 0.15) is 0 Å². The SMILES string of the molecule is COc1ccc(F)c(NCC(=O)Nc2ccc(Br)cc2)c1. The molecule has 2 aromatic carbocycles. The first-order valence-corrected chi connectivity index (χ1v) is 7.00. The molecule has 0 aliphatic heterocycles. The summed E-state index contributed by atoms with van der Waals surface area (Å²) in [6.07, 6.45) is 0. The molecule has 1 amide bonds. The molecule has 0 heterocycles. The lowest BCUT2D eigenvalue weighted by molar-refractivity contribution is -0.114. The quantitative estimate of drug-likeness (QED) is 0.863. The van der Waals surface area contributed by atoms with Gasteiger partial charge in [-0.15, -0.1) is 0 Å². The Morgan fingerprint density at radius 2 is 1.95 bits per heavy atom. The second kappa shape index (κ2) is 7.08. The van der Waals surface area contributed by atoms with E-state index in [1.807, 2.05) is 12.1 Å². The molecule has 6 heteroatoms. The standard InChI is InChI=1S/C15H14BrFN2O2/c1-21-12-6-7-13(17)14(8-12)18-9-15(20)19-11-4-2-10(16)3-5-11/h2-8,18H,9H2,1H3,(H,19,20). The van der Waals surface area contributed by atoms with Crippen LogP contribution in [0, 0.1) is 5.82 Å². The van der Waals surface area contributed by atoms with Gasteiger partial charge >= 0.3 is 0 Å². The van der Waals surface area contributed by atoms with E-state index in [0.29, 0.717) is 11.4 Å². The van der Waals surface area contributed by atoms with Crippen LogP contribution in [-0.2, 0) is 4.79 Å². The topological polar surface area (TPSA) is 50.4 Å². The molecule has 0 spiro atoms. The minimum atomic E-state index is -0.438. The fourth-order valence-corrected chi connectivity index (χ4v) is 1.95. The van der Waals surface area contributed by atoms with Crippen molar-refractivity contribution in [3.63, 3.8) is 0 Å². The van der Waals surface area contributed by atoms with Crippen molar-refractivity contribution in [3.8, 4) is 5.75 Å². The third kappa shape index (κ3) is 4.46. The maximum atomic E-state index is 13.6. The summed E-state index contributed by atoms with van der Waals surface area (Å²) in [6, 6.07) is 11.5. The van der Waals surface area contributed by atoms with Crippen LogP contribution < -0.4 is 15.4 Å². The number of ether oxygens (including phenoxy) is 1. The summed E-state index contributed by atoms with van der Waals surface area (Å²) in [5, 5.41) is 5.45. The van der Waals surface area contributed by atoms with Crippen LogP contribution in [0.2, 0.25) is 0 Å². The van der Waals surface area contributed by atoms with Gasteiger partial charge in [-0.1, -0.05) is 15.9 Å². The average molecular weight is 353 g/mol. The molecule has 4 nitrogen and oxygen atoms in total. The van der Waals surface area contributed by atoms with E-state index in [0.717, 1.165) is 4.47 Å². The second-order valence-corrected chi connectivity index (χ2v) is 5.17. The molecule has 2 aromatic rings. The number of rotatable bonds is 5. The zero-order chi connectivity index (χ0) is 15.2. The highest BCUT2D eigenvalue weighted by atomic mass is 79.9. The Labute approximate surface area is 130 Å². The molecule has 21 heavy (non-hydrogen) atoms. The predicted molar refractivity (Wildman–Crippen MR) is 84.2 cm³/mol. The molecule has 0 aromatic heterocycles. The van der Waals surface area contributed by atoms with Gasteiger partial charge in [0.05, 0.1) is 19.3 Å². The van der Waals surface area contributed by atoms with Crippen molar-refractivity contribution in [1.29, 1.82) is 0 Å². The van der Waals surface area contributed by atoms with Crippen LogP contribution in [0.25, 0.3) is 0 Å². The largest absolute Gasteiger partial charge is 0.497 e. The lowest BCUT2D eigenvalue weighted by Crippen LogP contribution is -2.22. The summed E-state index contributed by atoms with van der Waals surface area (Å²) in [7, 11) is 1.50. The van der Waals surface area contributed by atoms with E-state index >= 15 is 0 Å². The number of carbonyl (C=O) groups is 1. The van der Waals surface area contributed by atoms with E-state index in [1.54, 1.807) is 12.1 Å². The average Bonchev–Trinajstić information content (AvgIpc) is 2.49. The third-order valence-corrected chi connectivity index (χ3v) is 3.27. The van der Waals surface area contributed by atoms with E-state index in [-0.39, 0.29) is 18.1 Å². The zero-order valence-corrected chi connectivity index (χ0v) is 12.9. The van der Waals surface area contributed by atoms with E-state index < -0.39 is 5.82 Å². The number of hydrogen-bond donors (Lipinski definition) is 2. The number of amides is 1. The highest BCUT2D eigenvalue weighted by Crippen LogP contribution is 2.21. The minimum absolute atomic E-state index is 0.0415. The molecule has 0 atom stereocenters. The monoisotopic (exact) mass is 352 g/mol. The summed E-state index contributed by atoms with van der Waals surface area (Å²) in [6.45, 7) is -0.0415. The lowest BCUT2D eigenvalue weighted by Gasteiger charge is -2.10. The molecule has 0 aliphatic carbocycles. The maximum absolute atomic E-state index is 13.6. The highest BCUT2D eigenvalue weighted by Gasteiger charge is 2.07. The Bertz CT molecular complexity index is 632. The van der Waals surface area contributed by atoms with Crippen LogP contribution in [0.4, 0.5) is 15.8 Å². The summed E-state index contributed by atoms with van der Waals surface area (Å²) >= 11 is 3.32. The molecule has 0 radical (unpaired) electrons. The van der Waals surface area contributed by atoms with Crippen LogP contribution >= 0.6 is 15.9 Å². The number of methoxy groups -OCH3 is 1. The van der Waals surface area contributed by atoms with Crippen molar-refractivity contribution in [3.05, 3.63) is 52.8 Å². The van der Waals surface area contributed by atoms with Gasteiger partial charge in [-0.2, -0.15) is 0 Å². The molecule has 0 saturated carbocycles. The lowest BCUT2D eigenvalue weighted by atomic mass is 10.3. The van der Waals surface area contributed by atoms with E-state index in [9.17, 15) is 9.18 Å². The third-order valence-electron chi connectivity index (χ3n) is 2.74. The van der Waals surface area contributed by atoms with Crippen molar-refractivity contribution in [2.24, 2.45) is 0 Å². The summed E-state index contributed by atoms with van der Waals surface area (Å²) in [5.74, 6) is -0.181. The van der Waals surface area contributed by atoms with Gasteiger partial charge < -0.3 is 15.4 Å². The zero-order valence-electron chi connectivity index (χ0n) is 11.3. The van der Waals surface area contributed by atoms with Crippen molar-refractivity contribution in [1.82, 2.24) is 0 Å². The summed E-state index contributed by atoms with van der Waals surface area (Å²) < 4.78 is 19.5. The molecule has 2 N–H and O–H groups in total. The predicted octanol–water partition coefficient (Wildman–Crippen LogP) is 3.65. The number of hydrogen-bond acceptors (Lipinski definition) is 3. The Balaban J connectivity index is 1.93. The Morgan fingerprint density at radius 3 is 2.62 bits per heavy atom. The second-order valence-electron chi connectivity index (χ2n) is 4.25. The smallest absolute Gasteiger partial charge is 0.243 e. The normalized spacial score (nSPS) is 10.0. The highest BCUT2D eigenvalue weighted by molar-refractivity contribution is 9.10. The van der Waals surface area contributed by atoms with Crippen molar-refractivity contribution in [2.45, 2.75) is 0 Å². The van der Waals surface area contributed by atoms with Gasteiger partial charge in [0.15, 0.2) is 0 Å². The fraction of sp³-hybridized carbons (Fsp3) is 0.133. The van der Waals surface area contributed by atoms with Gasteiger partial charge in [-0.05, 0) is 36.4 Å². The van der Waals surface area contributed by atoms with Crippen LogP contribution in [0.15, 0.2) is 46.9 Å². The van der Waals surface area contributed by atoms with Crippen LogP contribution in [-0.4, -0.2) is 19.6 Å². The van der Waals surface area contributed by atoms with Gasteiger partial charge in [-0.25, -0.2) is 4.39 Å². The first kappa shape index (κ1) is 15.3. The fourth-order valence-electron chi connectivity index (χ4n) is 1.68. The van der Waals surface area contributed by atoms with E-state index in [1.165, 1.54) is 25.3 Å². The molecular formula is C15H14BrFN2O2. The Hall–Kier alpha value is -2.08. The van der Waals surface area contributed by atoms with Gasteiger partial charge in [-0.3, -0.25) is 4.79 Å². The number of nitrogens with one attached hydrogen (secondary N) is 2. The molecule has 110 valence electrons. The van der Waals surface area contributed by atoms with Crippen LogP contribution in [0.5, 0.6) is 5.75 Å². The van der Waals surface area contributed by atoms with Gasteiger partial charge in [0, 0.05) is 16.2 Å². The van der Waals surface area contributed by atoms with Crippen molar-refractivity contribution >= 4 is 33.2 Å². The van der Waals surface area contributed by atoms with Crippen molar-refractivity contribution < 1.29 is 13.9 Å². The van der Waals surface area contributed by atoms with Gasteiger partial charge in [0.2, 0.25) is 5.91 Å². The molecule has 0 fully saturated rings. The molecule has 0 aliphatic rings. The van der Waals surface area contributed by atoms with Gasteiger partial charge in [0.1, 0.15) is 11.6 Å². The summed E-state index contributed by atoms with van der Waals surface area (Å²) in [4.78, 5) is 11.8. The first-order chi connectivity index (χ1) is 10.1. The first-order valence-electron chi connectivity index (χ1n) is 6.21. The summed E-state index contributed by atoms with van der Waals surface area (Å²) in [5.41, 5.74) is 0.899. The number of benzene rings is 2. The number of anilines is 2. The van der Waals surface area contributed by atoms with Crippen molar-refractivity contribution in [2.75, 3.05) is 24.3 Å². The molecule has 0 bridgehead atoms. The number of halogens is 2. The number of carbonyl (C=O) groups excluding carboxylic acids is 1. The molecular weight excluding hydrogens is 339 g/mol. The Kier molecular flexibility index (Phi) is 5.16. The molecule has 0 unspecified atom stereocenters. The van der Waals surface area contributed by atoms with E-state index in [4.69, 9.17) is 4.74 Å². The molecule has 2 rings (SSSR count). The molecule has 0 saturated heterocycles. The minimum Gasteiger partial charge on any atom is -0.497 e. The van der Waals surface area contributed by atoms with Crippen LogP contribution in [0.3, 0.4) is 0 Å². The maximum Gasteiger partial charge on any atom is 0.243 e. The van der Waals surface area contributed by atoms with E-state index in [2.05, 4.69) is 26.6 Å². The van der Waals surface area contributed by atoms with Gasteiger partial charge in [0.25, 0.3) is 0 Å².